The average Bonchev–Trinajstić information content (AvgIpc) is 3.46. The molecule has 2 aromatic carbocycles. The number of halogens is 1. The van der Waals surface area contributed by atoms with Gasteiger partial charge in [-0.05, 0) is 37.1 Å². The number of anilines is 1. The smallest absolute Gasteiger partial charge is 0.250 e. The minimum atomic E-state index is -0.392. The second-order valence-corrected chi connectivity index (χ2v) is 7.97. The molecule has 4 aromatic rings. The number of carbonyl (C=O) groups excluding carboxylic acids is 1. The second-order valence-electron chi connectivity index (χ2n) is 6.96. The van der Waals surface area contributed by atoms with E-state index < -0.39 is 5.82 Å². The van der Waals surface area contributed by atoms with Crippen LogP contribution in [0.3, 0.4) is 0 Å². The van der Waals surface area contributed by atoms with Crippen molar-refractivity contribution in [3.8, 4) is 0 Å². The van der Waals surface area contributed by atoms with Crippen molar-refractivity contribution in [3.05, 3.63) is 48.3 Å². The van der Waals surface area contributed by atoms with Crippen molar-refractivity contribution in [1.82, 2.24) is 20.0 Å². The van der Waals surface area contributed by atoms with E-state index in [1.807, 2.05) is 24.3 Å². The van der Waals surface area contributed by atoms with Gasteiger partial charge in [-0.3, -0.25) is 9.69 Å². The van der Waals surface area contributed by atoms with E-state index in [1.54, 1.807) is 21.7 Å². The summed E-state index contributed by atoms with van der Waals surface area (Å²) in [6.07, 6.45) is 1.80. The Hall–Kier alpha value is -2.91. The second kappa shape index (κ2) is 7.49. The van der Waals surface area contributed by atoms with E-state index in [1.165, 1.54) is 17.4 Å². The Balaban J connectivity index is 1.48. The number of amides is 1. The molecule has 2 aromatic heterocycles. The van der Waals surface area contributed by atoms with Gasteiger partial charge in [0.15, 0.2) is 5.13 Å². The molecule has 29 heavy (non-hydrogen) atoms. The molecule has 0 N–H and O–H groups in total. The summed E-state index contributed by atoms with van der Waals surface area (Å²) >= 11 is 1.30. The number of thiazole rings is 1. The molecule has 0 radical (unpaired) electrons. The van der Waals surface area contributed by atoms with Gasteiger partial charge in [0, 0.05) is 6.61 Å². The summed E-state index contributed by atoms with van der Waals surface area (Å²) < 4.78 is 22.2. The molecule has 1 aliphatic rings. The zero-order chi connectivity index (χ0) is 19.8. The predicted octanol–water partition coefficient (Wildman–Crippen LogP) is 3.39. The van der Waals surface area contributed by atoms with Crippen LogP contribution in [-0.2, 0) is 16.1 Å². The van der Waals surface area contributed by atoms with Crippen LogP contribution in [0.2, 0.25) is 0 Å². The highest BCUT2D eigenvalue weighted by molar-refractivity contribution is 7.22. The van der Waals surface area contributed by atoms with Crippen LogP contribution in [0, 0.1) is 5.82 Å². The van der Waals surface area contributed by atoms with Gasteiger partial charge in [0.25, 0.3) is 5.91 Å². The fraction of sp³-hybridized carbons (Fsp3) is 0.300. The fourth-order valence-corrected chi connectivity index (χ4v) is 4.55. The van der Waals surface area contributed by atoms with E-state index in [0.29, 0.717) is 23.0 Å². The van der Waals surface area contributed by atoms with Crippen molar-refractivity contribution in [3.63, 3.8) is 0 Å². The summed E-state index contributed by atoms with van der Waals surface area (Å²) in [7, 11) is 0. The van der Waals surface area contributed by atoms with Crippen LogP contribution in [0.15, 0.2) is 42.5 Å². The Kier molecular flexibility index (Phi) is 4.69. The lowest BCUT2D eigenvalue weighted by atomic mass is 10.2. The molecule has 1 aliphatic heterocycles. The number of hydrogen-bond donors (Lipinski definition) is 0. The summed E-state index contributed by atoms with van der Waals surface area (Å²) in [5, 5.41) is 8.69. The first-order valence-corrected chi connectivity index (χ1v) is 10.3. The summed E-state index contributed by atoms with van der Waals surface area (Å²) in [5.41, 5.74) is 1.80. The number of rotatable bonds is 5. The molecule has 1 atom stereocenters. The number of benzene rings is 2. The molecule has 0 spiro atoms. The molecule has 0 saturated carbocycles. The van der Waals surface area contributed by atoms with Crippen LogP contribution in [0.5, 0.6) is 0 Å². The Morgan fingerprint density at radius 2 is 2.17 bits per heavy atom. The van der Waals surface area contributed by atoms with Crippen LogP contribution in [-0.4, -0.2) is 45.1 Å². The lowest BCUT2D eigenvalue weighted by Crippen LogP contribution is -2.39. The molecule has 1 unspecified atom stereocenters. The normalized spacial score (nSPS) is 16.7. The van der Waals surface area contributed by atoms with E-state index in [4.69, 9.17) is 4.74 Å². The Morgan fingerprint density at radius 1 is 1.28 bits per heavy atom. The number of hydrogen-bond acceptors (Lipinski definition) is 6. The standard InChI is InChI=1S/C20H18FN5O2S/c21-14-6-3-9-17-19(14)22-20(29-17)25(11-13-5-4-10-28-13)18(27)12-26-16-8-2-1-7-15(16)23-24-26/h1-3,6-9,13H,4-5,10-12H2. The monoisotopic (exact) mass is 411 g/mol. The van der Waals surface area contributed by atoms with Gasteiger partial charge in [-0.1, -0.05) is 34.7 Å². The number of aromatic nitrogens is 4. The average molecular weight is 411 g/mol. The summed E-state index contributed by atoms with van der Waals surface area (Å²) in [4.78, 5) is 19.3. The number of nitrogens with zero attached hydrogens (tertiary/aromatic N) is 5. The maximum atomic E-state index is 14.1. The zero-order valence-electron chi connectivity index (χ0n) is 15.5. The molecule has 0 aliphatic carbocycles. The van der Waals surface area contributed by atoms with Crippen LogP contribution in [0.4, 0.5) is 9.52 Å². The van der Waals surface area contributed by atoms with Gasteiger partial charge in [-0.2, -0.15) is 0 Å². The highest BCUT2D eigenvalue weighted by Crippen LogP contribution is 2.31. The number of fused-ring (bicyclic) bond motifs is 2. The first-order valence-electron chi connectivity index (χ1n) is 9.44. The number of carbonyl (C=O) groups is 1. The van der Waals surface area contributed by atoms with Crippen molar-refractivity contribution in [2.24, 2.45) is 0 Å². The van der Waals surface area contributed by atoms with Crippen molar-refractivity contribution in [2.75, 3.05) is 18.1 Å². The Morgan fingerprint density at radius 3 is 3.00 bits per heavy atom. The van der Waals surface area contributed by atoms with E-state index in [9.17, 15) is 9.18 Å². The third-order valence-electron chi connectivity index (χ3n) is 5.01. The largest absolute Gasteiger partial charge is 0.376 e. The molecule has 1 fully saturated rings. The third-order valence-corrected chi connectivity index (χ3v) is 6.05. The Labute approximate surface area is 169 Å². The van der Waals surface area contributed by atoms with Crippen LogP contribution >= 0.6 is 11.3 Å². The van der Waals surface area contributed by atoms with E-state index in [2.05, 4.69) is 15.3 Å². The molecule has 3 heterocycles. The summed E-state index contributed by atoms with van der Waals surface area (Å²) in [6, 6.07) is 12.3. The minimum Gasteiger partial charge on any atom is -0.376 e. The topological polar surface area (TPSA) is 73.1 Å². The van der Waals surface area contributed by atoms with Gasteiger partial charge in [-0.15, -0.1) is 5.10 Å². The predicted molar refractivity (Wildman–Crippen MR) is 108 cm³/mol. The SMILES string of the molecule is O=C(Cn1nnc2ccccc21)N(CC1CCCO1)c1nc2c(F)cccc2s1. The zero-order valence-corrected chi connectivity index (χ0v) is 16.3. The Bertz CT molecular complexity index is 1180. The molecule has 7 nitrogen and oxygen atoms in total. The third kappa shape index (κ3) is 3.47. The molecule has 1 saturated heterocycles. The van der Waals surface area contributed by atoms with Crippen molar-refractivity contribution in [2.45, 2.75) is 25.5 Å². The van der Waals surface area contributed by atoms with Crippen molar-refractivity contribution >= 4 is 43.6 Å². The van der Waals surface area contributed by atoms with Gasteiger partial charge in [0.05, 0.1) is 22.9 Å². The van der Waals surface area contributed by atoms with E-state index in [-0.39, 0.29) is 24.1 Å². The highest BCUT2D eigenvalue weighted by Gasteiger charge is 2.27. The first-order chi connectivity index (χ1) is 14.2. The van der Waals surface area contributed by atoms with Crippen molar-refractivity contribution in [1.29, 1.82) is 0 Å². The lowest BCUT2D eigenvalue weighted by molar-refractivity contribution is -0.119. The molecule has 5 rings (SSSR count). The van der Waals surface area contributed by atoms with Gasteiger partial charge >= 0.3 is 0 Å². The summed E-state index contributed by atoms with van der Waals surface area (Å²) in [5.74, 6) is -0.576. The van der Waals surface area contributed by atoms with Gasteiger partial charge in [0.2, 0.25) is 0 Å². The van der Waals surface area contributed by atoms with Gasteiger partial charge in [0.1, 0.15) is 23.4 Å². The number of ether oxygens (including phenoxy) is 1. The molecule has 0 bridgehead atoms. The van der Waals surface area contributed by atoms with Crippen LogP contribution < -0.4 is 4.90 Å². The van der Waals surface area contributed by atoms with Crippen LogP contribution in [0.25, 0.3) is 21.3 Å². The number of para-hydroxylation sites is 2. The molecular weight excluding hydrogens is 393 g/mol. The van der Waals surface area contributed by atoms with Crippen molar-refractivity contribution < 1.29 is 13.9 Å². The van der Waals surface area contributed by atoms with Crippen LogP contribution in [0.1, 0.15) is 12.8 Å². The quantitative estimate of drug-likeness (QED) is 0.503. The lowest BCUT2D eigenvalue weighted by Gasteiger charge is -2.23. The summed E-state index contributed by atoms with van der Waals surface area (Å²) in [6.45, 7) is 1.09. The maximum absolute atomic E-state index is 14.1. The molecule has 148 valence electrons. The minimum absolute atomic E-state index is 0.0195. The fourth-order valence-electron chi connectivity index (χ4n) is 3.54. The van der Waals surface area contributed by atoms with Gasteiger partial charge < -0.3 is 4.74 Å². The highest BCUT2D eigenvalue weighted by atomic mass is 32.1. The molecule has 9 heteroatoms. The maximum Gasteiger partial charge on any atom is 0.250 e. The molecule has 1 amide bonds. The van der Waals surface area contributed by atoms with Gasteiger partial charge in [-0.25, -0.2) is 14.1 Å². The van der Waals surface area contributed by atoms with E-state index >= 15 is 0 Å². The first kappa shape index (κ1) is 18.1. The molecular formula is C20H18FN5O2S. The van der Waals surface area contributed by atoms with E-state index in [0.717, 1.165) is 23.9 Å².